The van der Waals surface area contributed by atoms with Crippen LogP contribution in [0.5, 0.6) is 0 Å². The van der Waals surface area contributed by atoms with Crippen molar-refractivity contribution in [2.45, 2.75) is 37.3 Å². The van der Waals surface area contributed by atoms with E-state index < -0.39 is 0 Å². The van der Waals surface area contributed by atoms with E-state index in [9.17, 15) is 0 Å². The van der Waals surface area contributed by atoms with Gasteiger partial charge in [-0.3, -0.25) is 0 Å². The van der Waals surface area contributed by atoms with Gasteiger partial charge in [-0.05, 0) is 30.4 Å². The van der Waals surface area contributed by atoms with E-state index in [1.54, 1.807) is 0 Å². The number of hydrogen-bond donors (Lipinski definition) is 1. The Morgan fingerprint density at radius 1 is 1.33 bits per heavy atom. The van der Waals surface area contributed by atoms with Gasteiger partial charge >= 0.3 is 0 Å². The molecule has 1 aromatic heterocycles. The highest BCUT2D eigenvalue weighted by Gasteiger charge is 2.14. The lowest BCUT2D eigenvalue weighted by Gasteiger charge is -2.07. The fraction of sp³-hybridized carbons (Fsp3) is 0.583. The molecule has 3 heteroatoms. The van der Waals surface area contributed by atoms with Gasteiger partial charge in [0.15, 0.2) is 0 Å². The van der Waals surface area contributed by atoms with Crippen molar-refractivity contribution in [2.75, 3.05) is 5.75 Å². The fourth-order valence-electron chi connectivity index (χ4n) is 2.00. The van der Waals surface area contributed by atoms with Crippen molar-refractivity contribution in [2.24, 2.45) is 11.7 Å². The molecule has 1 aliphatic rings. The number of thioether (sulfide) groups is 1. The van der Waals surface area contributed by atoms with E-state index >= 15 is 0 Å². The van der Waals surface area contributed by atoms with Gasteiger partial charge in [-0.15, -0.1) is 11.8 Å². The summed E-state index contributed by atoms with van der Waals surface area (Å²) in [4.78, 5) is 4.39. The first-order valence-corrected chi connectivity index (χ1v) is 6.65. The zero-order valence-electron chi connectivity index (χ0n) is 8.98. The summed E-state index contributed by atoms with van der Waals surface area (Å²) in [7, 11) is 0. The normalized spacial score (nSPS) is 17.1. The van der Waals surface area contributed by atoms with Crippen molar-refractivity contribution in [1.82, 2.24) is 4.98 Å². The fourth-order valence-corrected chi connectivity index (χ4v) is 3.03. The number of hydrogen-bond acceptors (Lipinski definition) is 3. The van der Waals surface area contributed by atoms with Gasteiger partial charge < -0.3 is 5.73 Å². The zero-order valence-corrected chi connectivity index (χ0v) is 9.80. The van der Waals surface area contributed by atoms with Crippen LogP contribution < -0.4 is 5.73 Å². The number of pyridine rings is 1. The molecule has 0 aliphatic heterocycles. The molecule has 0 spiro atoms. The SMILES string of the molecule is NCc1ccc(SCC2CCCC2)nc1. The van der Waals surface area contributed by atoms with Gasteiger partial charge in [0.05, 0.1) is 5.03 Å². The van der Waals surface area contributed by atoms with Gasteiger partial charge in [0.1, 0.15) is 0 Å². The maximum Gasteiger partial charge on any atom is 0.0960 e. The lowest BCUT2D eigenvalue weighted by molar-refractivity contribution is 0.623. The molecule has 1 aliphatic carbocycles. The Morgan fingerprint density at radius 3 is 2.73 bits per heavy atom. The lowest BCUT2D eigenvalue weighted by atomic mass is 10.1. The second-order valence-corrected chi connectivity index (χ2v) is 5.21. The second kappa shape index (κ2) is 5.52. The van der Waals surface area contributed by atoms with Gasteiger partial charge in [-0.2, -0.15) is 0 Å². The molecule has 0 atom stereocenters. The van der Waals surface area contributed by atoms with E-state index in [0.29, 0.717) is 6.54 Å². The molecule has 15 heavy (non-hydrogen) atoms. The standard InChI is InChI=1S/C12H18N2S/c13-7-11-5-6-12(14-8-11)15-9-10-3-1-2-4-10/h5-6,8,10H,1-4,7,9,13H2. The average Bonchev–Trinajstić information content (AvgIpc) is 2.80. The molecule has 1 heterocycles. The highest BCUT2D eigenvalue weighted by atomic mass is 32.2. The summed E-state index contributed by atoms with van der Waals surface area (Å²) in [6.45, 7) is 0.584. The van der Waals surface area contributed by atoms with Gasteiger partial charge in [0.25, 0.3) is 0 Å². The lowest BCUT2D eigenvalue weighted by Crippen LogP contribution is -1.99. The minimum Gasteiger partial charge on any atom is -0.326 e. The Hall–Kier alpha value is -0.540. The summed E-state index contributed by atoms with van der Waals surface area (Å²) in [5.74, 6) is 2.15. The number of rotatable bonds is 4. The first kappa shape index (κ1) is 11.0. The van der Waals surface area contributed by atoms with E-state index in [-0.39, 0.29) is 0 Å². The van der Waals surface area contributed by atoms with Crippen LogP contribution in [-0.2, 0) is 6.54 Å². The molecule has 2 N–H and O–H groups in total. The molecule has 0 radical (unpaired) electrons. The minimum atomic E-state index is 0.584. The van der Waals surface area contributed by atoms with Crippen LogP contribution in [0, 0.1) is 5.92 Å². The van der Waals surface area contributed by atoms with Crippen LogP contribution in [0.2, 0.25) is 0 Å². The van der Waals surface area contributed by atoms with Crippen molar-refractivity contribution in [3.8, 4) is 0 Å². The minimum absolute atomic E-state index is 0.584. The molecule has 2 rings (SSSR count). The third-order valence-electron chi connectivity index (χ3n) is 2.97. The Balaban J connectivity index is 1.82. The second-order valence-electron chi connectivity index (χ2n) is 4.17. The van der Waals surface area contributed by atoms with Gasteiger partial charge in [0.2, 0.25) is 0 Å². The molecule has 0 aromatic carbocycles. The first-order chi connectivity index (χ1) is 7.38. The van der Waals surface area contributed by atoms with Crippen LogP contribution in [0.15, 0.2) is 23.4 Å². The van der Waals surface area contributed by atoms with Crippen LogP contribution in [0.4, 0.5) is 0 Å². The summed E-state index contributed by atoms with van der Waals surface area (Å²) in [5, 5.41) is 1.14. The summed E-state index contributed by atoms with van der Waals surface area (Å²) in [6, 6.07) is 4.16. The quantitative estimate of drug-likeness (QED) is 0.796. The maximum absolute atomic E-state index is 5.53. The third kappa shape index (κ3) is 3.21. The number of aromatic nitrogens is 1. The summed E-state index contributed by atoms with van der Waals surface area (Å²) < 4.78 is 0. The van der Waals surface area contributed by atoms with E-state index in [4.69, 9.17) is 5.73 Å². The van der Waals surface area contributed by atoms with Crippen molar-refractivity contribution in [3.63, 3.8) is 0 Å². The largest absolute Gasteiger partial charge is 0.326 e. The Kier molecular flexibility index (Phi) is 4.03. The van der Waals surface area contributed by atoms with Crippen LogP contribution in [0.25, 0.3) is 0 Å². The first-order valence-electron chi connectivity index (χ1n) is 5.66. The molecule has 1 aromatic rings. The molecule has 0 unspecified atom stereocenters. The van der Waals surface area contributed by atoms with Gasteiger partial charge in [-0.1, -0.05) is 18.9 Å². The highest BCUT2D eigenvalue weighted by molar-refractivity contribution is 7.99. The maximum atomic E-state index is 5.53. The van der Waals surface area contributed by atoms with Crippen molar-refractivity contribution >= 4 is 11.8 Å². The average molecular weight is 222 g/mol. The molecule has 1 saturated carbocycles. The summed E-state index contributed by atoms with van der Waals surface area (Å²) in [6.07, 6.45) is 7.55. The van der Waals surface area contributed by atoms with Gasteiger partial charge in [0, 0.05) is 18.5 Å². The Bertz CT molecular complexity index is 291. The molecule has 2 nitrogen and oxygen atoms in total. The predicted octanol–water partition coefficient (Wildman–Crippen LogP) is 2.82. The molecule has 1 fully saturated rings. The van der Waals surface area contributed by atoms with Crippen molar-refractivity contribution in [3.05, 3.63) is 23.9 Å². The van der Waals surface area contributed by atoms with Crippen LogP contribution >= 0.6 is 11.8 Å². The Morgan fingerprint density at radius 2 is 2.13 bits per heavy atom. The summed E-state index contributed by atoms with van der Waals surface area (Å²) in [5.41, 5.74) is 6.64. The molecular formula is C12H18N2S. The zero-order chi connectivity index (χ0) is 10.5. The number of nitrogens with zero attached hydrogens (tertiary/aromatic N) is 1. The highest BCUT2D eigenvalue weighted by Crippen LogP contribution is 2.30. The Labute approximate surface area is 95.7 Å². The monoisotopic (exact) mass is 222 g/mol. The smallest absolute Gasteiger partial charge is 0.0960 e. The molecule has 0 saturated heterocycles. The predicted molar refractivity (Wildman–Crippen MR) is 64.8 cm³/mol. The van der Waals surface area contributed by atoms with Crippen molar-refractivity contribution in [1.29, 1.82) is 0 Å². The van der Waals surface area contributed by atoms with Crippen LogP contribution in [0.3, 0.4) is 0 Å². The van der Waals surface area contributed by atoms with Gasteiger partial charge in [-0.25, -0.2) is 4.98 Å². The third-order valence-corrected chi connectivity index (χ3v) is 4.15. The van der Waals surface area contributed by atoms with Crippen LogP contribution in [-0.4, -0.2) is 10.7 Å². The van der Waals surface area contributed by atoms with E-state index in [0.717, 1.165) is 16.5 Å². The van der Waals surface area contributed by atoms with E-state index in [1.807, 2.05) is 18.0 Å². The number of nitrogens with two attached hydrogens (primary N) is 1. The molecule has 82 valence electrons. The molecule has 0 amide bonds. The van der Waals surface area contributed by atoms with E-state index in [2.05, 4.69) is 17.1 Å². The summed E-state index contributed by atoms with van der Waals surface area (Å²) >= 11 is 1.88. The van der Waals surface area contributed by atoms with E-state index in [1.165, 1.54) is 31.4 Å². The van der Waals surface area contributed by atoms with Crippen LogP contribution in [0.1, 0.15) is 31.2 Å². The van der Waals surface area contributed by atoms with Crippen molar-refractivity contribution < 1.29 is 0 Å². The topological polar surface area (TPSA) is 38.9 Å². The molecule has 0 bridgehead atoms. The molecular weight excluding hydrogens is 204 g/mol.